The molecule has 0 spiro atoms. The second kappa shape index (κ2) is 5.87. The fourth-order valence-electron chi connectivity index (χ4n) is 3.47. The van der Waals surface area contributed by atoms with Crippen LogP contribution in [0.15, 0.2) is 59.1 Å². The van der Waals surface area contributed by atoms with Crippen LogP contribution in [0.4, 0.5) is 0 Å². The second-order valence-electron chi connectivity index (χ2n) is 7.78. The lowest BCUT2D eigenvalue weighted by Gasteiger charge is -2.19. The van der Waals surface area contributed by atoms with Crippen LogP contribution in [0, 0.1) is 0 Å². The Kier molecular flexibility index (Phi) is 3.76. The van der Waals surface area contributed by atoms with Crippen molar-refractivity contribution in [2.75, 3.05) is 7.11 Å². The van der Waals surface area contributed by atoms with Crippen molar-refractivity contribution in [2.24, 2.45) is 7.05 Å². The van der Waals surface area contributed by atoms with Gasteiger partial charge in [-0.25, -0.2) is 4.57 Å². The molecule has 0 bridgehead atoms. The Labute approximate surface area is 153 Å². The first-order valence-corrected chi connectivity index (χ1v) is 8.89. The zero-order chi connectivity index (χ0) is 18.5. The predicted molar refractivity (Wildman–Crippen MR) is 106 cm³/mol. The van der Waals surface area contributed by atoms with E-state index in [2.05, 4.69) is 62.8 Å². The number of methoxy groups -OCH3 is 1. The summed E-state index contributed by atoms with van der Waals surface area (Å²) in [6, 6.07) is 16.7. The summed E-state index contributed by atoms with van der Waals surface area (Å²) < 4.78 is 14.1. The maximum atomic E-state index is 6.27. The van der Waals surface area contributed by atoms with Crippen LogP contribution in [0.25, 0.3) is 33.2 Å². The van der Waals surface area contributed by atoms with Crippen molar-refractivity contribution < 1.29 is 13.7 Å². The van der Waals surface area contributed by atoms with E-state index in [9.17, 15) is 0 Å². The van der Waals surface area contributed by atoms with Crippen LogP contribution >= 0.6 is 0 Å². The number of hydrogen-bond acceptors (Lipinski definition) is 2. The molecule has 26 heavy (non-hydrogen) atoms. The quantitative estimate of drug-likeness (QED) is 0.455. The second-order valence-corrected chi connectivity index (χ2v) is 7.78. The number of hydrogen-bond donors (Lipinski definition) is 0. The van der Waals surface area contributed by atoms with Crippen molar-refractivity contribution in [3.05, 3.63) is 60.3 Å². The zero-order valence-electron chi connectivity index (χ0n) is 16.0. The zero-order valence-corrected chi connectivity index (χ0v) is 16.0. The van der Waals surface area contributed by atoms with Crippen LogP contribution in [0.3, 0.4) is 0 Å². The Bertz CT molecular complexity index is 1120. The van der Waals surface area contributed by atoms with Crippen molar-refractivity contribution in [3.8, 4) is 17.0 Å². The Morgan fingerprint density at radius 3 is 2.46 bits per heavy atom. The lowest BCUT2D eigenvalue weighted by Crippen LogP contribution is -2.31. The monoisotopic (exact) mass is 346 g/mol. The summed E-state index contributed by atoms with van der Waals surface area (Å²) in [5.41, 5.74) is 5.19. The number of aromatic nitrogens is 1. The molecule has 3 nitrogen and oxygen atoms in total. The Hall–Kier alpha value is -2.81. The molecule has 0 aliphatic carbocycles. The first-order chi connectivity index (χ1) is 12.4. The molecule has 0 atom stereocenters. The standard InChI is InChI=1S/C23H24NO2/c1-23(2,3)15-12-13-24(4)18(14-15)21-20(25-5)11-10-17-16-8-6-7-9-19(16)26-22(17)21/h6-14H,1-5H3/q+1. The highest BCUT2D eigenvalue weighted by atomic mass is 16.5. The molecule has 0 radical (unpaired) electrons. The summed E-state index contributed by atoms with van der Waals surface area (Å²) in [6.07, 6.45) is 2.11. The van der Waals surface area contributed by atoms with Crippen LogP contribution in [0.1, 0.15) is 26.3 Å². The lowest BCUT2D eigenvalue weighted by atomic mass is 9.86. The van der Waals surface area contributed by atoms with E-state index in [1.807, 2.05) is 24.3 Å². The average molecular weight is 346 g/mol. The van der Waals surface area contributed by atoms with Gasteiger partial charge >= 0.3 is 0 Å². The van der Waals surface area contributed by atoms with E-state index < -0.39 is 0 Å². The summed E-state index contributed by atoms with van der Waals surface area (Å²) in [5, 5.41) is 2.23. The average Bonchev–Trinajstić information content (AvgIpc) is 2.99. The van der Waals surface area contributed by atoms with E-state index in [-0.39, 0.29) is 5.41 Å². The normalized spacial score (nSPS) is 12.0. The molecule has 2 aromatic carbocycles. The molecule has 3 heteroatoms. The van der Waals surface area contributed by atoms with E-state index in [4.69, 9.17) is 9.15 Å². The number of ether oxygens (including phenoxy) is 1. The van der Waals surface area contributed by atoms with Crippen LogP contribution < -0.4 is 9.30 Å². The summed E-state index contributed by atoms with van der Waals surface area (Å²) in [5.74, 6) is 0.818. The van der Waals surface area contributed by atoms with Crippen molar-refractivity contribution in [1.29, 1.82) is 0 Å². The number of aryl methyl sites for hydroxylation is 1. The minimum atomic E-state index is 0.0675. The van der Waals surface area contributed by atoms with Crippen LogP contribution in [-0.2, 0) is 12.5 Å². The van der Waals surface area contributed by atoms with Gasteiger partial charge in [0.05, 0.1) is 7.11 Å². The van der Waals surface area contributed by atoms with Crippen molar-refractivity contribution in [2.45, 2.75) is 26.2 Å². The molecule has 0 fully saturated rings. The van der Waals surface area contributed by atoms with Crippen LogP contribution in [-0.4, -0.2) is 7.11 Å². The van der Waals surface area contributed by atoms with Gasteiger partial charge in [0.1, 0.15) is 23.9 Å². The number of pyridine rings is 1. The van der Waals surface area contributed by atoms with E-state index in [0.29, 0.717) is 0 Å². The lowest BCUT2D eigenvalue weighted by molar-refractivity contribution is -0.660. The third-order valence-electron chi connectivity index (χ3n) is 5.00. The number of furan rings is 1. The highest BCUT2D eigenvalue weighted by Crippen LogP contribution is 2.40. The number of benzene rings is 2. The smallest absolute Gasteiger partial charge is 0.220 e. The van der Waals surface area contributed by atoms with Crippen LogP contribution in [0.2, 0.25) is 0 Å². The van der Waals surface area contributed by atoms with Gasteiger partial charge in [-0.15, -0.1) is 0 Å². The van der Waals surface area contributed by atoms with E-state index >= 15 is 0 Å². The third-order valence-corrected chi connectivity index (χ3v) is 5.00. The van der Waals surface area contributed by atoms with Gasteiger partial charge in [0.15, 0.2) is 11.8 Å². The van der Waals surface area contributed by atoms with Gasteiger partial charge in [-0.1, -0.05) is 39.0 Å². The number of fused-ring (bicyclic) bond motifs is 3. The topological polar surface area (TPSA) is 26.2 Å². The molecule has 0 saturated heterocycles. The molecule has 0 unspecified atom stereocenters. The maximum Gasteiger partial charge on any atom is 0.220 e. The molecule has 132 valence electrons. The number of para-hydroxylation sites is 1. The fourth-order valence-corrected chi connectivity index (χ4v) is 3.47. The summed E-state index contributed by atoms with van der Waals surface area (Å²) >= 11 is 0. The highest BCUT2D eigenvalue weighted by molar-refractivity contribution is 6.10. The first-order valence-electron chi connectivity index (χ1n) is 8.89. The molecular weight excluding hydrogens is 322 g/mol. The Morgan fingerprint density at radius 2 is 1.73 bits per heavy atom. The molecule has 4 rings (SSSR count). The molecule has 2 aromatic heterocycles. The van der Waals surface area contributed by atoms with Crippen molar-refractivity contribution in [3.63, 3.8) is 0 Å². The number of rotatable bonds is 2. The molecule has 4 aromatic rings. The molecular formula is C23H24NO2+. The van der Waals surface area contributed by atoms with Gasteiger partial charge in [-0.2, -0.15) is 0 Å². The van der Waals surface area contributed by atoms with Gasteiger partial charge in [-0.05, 0) is 29.2 Å². The number of nitrogens with zero attached hydrogens (tertiary/aromatic N) is 1. The minimum Gasteiger partial charge on any atom is -0.496 e. The molecule has 0 N–H and O–H groups in total. The summed E-state index contributed by atoms with van der Waals surface area (Å²) in [6.45, 7) is 6.68. The van der Waals surface area contributed by atoms with Gasteiger partial charge in [0.2, 0.25) is 5.69 Å². The first kappa shape index (κ1) is 16.6. The van der Waals surface area contributed by atoms with Gasteiger partial charge < -0.3 is 9.15 Å². The fraction of sp³-hybridized carbons (Fsp3) is 0.261. The molecule has 0 aliphatic rings. The predicted octanol–water partition coefficient (Wildman–Crippen LogP) is 5.38. The highest BCUT2D eigenvalue weighted by Gasteiger charge is 2.25. The summed E-state index contributed by atoms with van der Waals surface area (Å²) in [7, 11) is 3.77. The van der Waals surface area contributed by atoms with E-state index in [1.54, 1.807) is 7.11 Å². The van der Waals surface area contributed by atoms with Gasteiger partial charge in [-0.3, -0.25) is 0 Å². The van der Waals surface area contributed by atoms with E-state index in [0.717, 1.165) is 38.9 Å². The minimum absolute atomic E-state index is 0.0675. The largest absolute Gasteiger partial charge is 0.496 e. The SMILES string of the molecule is COc1ccc2c(oc3ccccc32)c1-c1cc(C(C)(C)C)cc[n+]1C. The summed E-state index contributed by atoms with van der Waals surface area (Å²) in [4.78, 5) is 0. The Balaban J connectivity index is 2.10. The van der Waals surface area contributed by atoms with Crippen molar-refractivity contribution in [1.82, 2.24) is 0 Å². The maximum absolute atomic E-state index is 6.27. The Morgan fingerprint density at radius 1 is 0.962 bits per heavy atom. The molecule has 0 amide bonds. The molecule has 0 saturated carbocycles. The molecule has 2 heterocycles. The third kappa shape index (κ3) is 2.55. The van der Waals surface area contributed by atoms with Gasteiger partial charge in [0.25, 0.3) is 0 Å². The van der Waals surface area contributed by atoms with Crippen LogP contribution in [0.5, 0.6) is 5.75 Å². The van der Waals surface area contributed by atoms with E-state index in [1.165, 1.54) is 5.56 Å². The van der Waals surface area contributed by atoms with Gasteiger partial charge in [0, 0.05) is 22.9 Å². The van der Waals surface area contributed by atoms with Crippen molar-refractivity contribution >= 4 is 21.9 Å². The molecule has 0 aliphatic heterocycles.